The van der Waals surface area contributed by atoms with E-state index in [2.05, 4.69) is 5.32 Å². The van der Waals surface area contributed by atoms with Gasteiger partial charge in [-0.15, -0.1) is 0 Å². The molecule has 6 heteroatoms. The van der Waals surface area contributed by atoms with E-state index >= 15 is 0 Å². The highest BCUT2D eigenvalue weighted by atomic mass is 16.2. The van der Waals surface area contributed by atoms with E-state index < -0.39 is 6.04 Å². The van der Waals surface area contributed by atoms with Crippen LogP contribution in [0.2, 0.25) is 0 Å². The summed E-state index contributed by atoms with van der Waals surface area (Å²) in [5, 5.41) is 3.02. The number of benzene rings is 3. The van der Waals surface area contributed by atoms with Crippen LogP contribution in [0.3, 0.4) is 0 Å². The number of piperazine rings is 1. The van der Waals surface area contributed by atoms with Gasteiger partial charge in [0.25, 0.3) is 11.8 Å². The standard InChI is InChI=1S/C27H27N3O3/c31-25(29-16-18-30(19-17-29)27(33)23-14-8-3-9-15-23)20-24(21-10-4-1-5-11-21)28-26(32)22-12-6-2-7-13-22/h1-15,24H,16-20H2,(H,28,32). The van der Waals surface area contributed by atoms with Crippen molar-refractivity contribution in [3.63, 3.8) is 0 Å². The monoisotopic (exact) mass is 441 g/mol. The lowest BCUT2D eigenvalue weighted by Gasteiger charge is -2.35. The van der Waals surface area contributed by atoms with E-state index in [1.807, 2.05) is 66.7 Å². The van der Waals surface area contributed by atoms with Crippen LogP contribution in [0, 0.1) is 0 Å². The Hall–Kier alpha value is -3.93. The van der Waals surface area contributed by atoms with Crippen molar-refractivity contribution in [1.82, 2.24) is 15.1 Å². The molecule has 1 atom stereocenters. The van der Waals surface area contributed by atoms with Crippen LogP contribution in [0.1, 0.15) is 38.7 Å². The Labute approximate surface area is 193 Å². The van der Waals surface area contributed by atoms with E-state index in [-0.39, 0.29) is 24.1 Å². The van der Waals surface area contributed by atoms with Crippen LogP contribution in [-0.2, 0) is 4.79 Å². The Balaban J connectivity index is 1.39. The molecule has 1 heterocycles. The molecule has 0 aromatic heterocycles. The molecule has 1 saturated heterocycles. The fourth-order valence-corrected chi connectivity index (χ4v) is 3.99. The van der Waals surface area contributed by atoms with Crippen molar-refractivity contribution in [3.8, 4) is 0 Å². The number of rotatable bonds is 6. The van der Waals surface area contributed by atoms with Gasteiger partial charge >= 0.3 is 0 Å². The maximum absolute atomic E-state index is 13.1. The zero-order valence-corrected chi connectivity index (χ0v) is 18.4. The lowest BCUT2D eigenvalue weighted by Crippen LogP contribution is -2.51. The van der Waals surface area contributed by atoms with Gasteiger partial charge in [0, 0.05) is 37.3 Å². The summed E-state index contributed by atoms with van der Waals surface area (Å²) in [6, 6.07) is 27.3. The van der Waals surface area contributed by atoms with Crippen molar-refractivity contribution >= 4 is 17.7 Å². The van der Waals surface area contributed by atoms with Gasteiger partial charge in [-0.25, -0.2) is 0 Å². The van der Waals surface area contributed by atoms with Crippen LogP contribution < -0.4 is 5.32 Å². The van der Waals surface area contributed by atoms with Gasteiger partial charge in [0.2, 0.25) is 5.91 Å². The molecule has 1 N–H and O–H groups in total. The summed E-state index contributed by atoms with van der Waals surface area (Å²) >= 11 is 0. The largest absolute Gasteiger partial charge is 0.345 e. The second-order valence-electron chi connectivity index (χ2n) is 8.05. The van der Waals surface area contributed by atoms with Gasteiger partial charge in [0.1, 0.15) is 0 Å². The van der Waals surface area contributed by atoms with Crippen LogP contribution in [0.25, 0.3) is 0 Å². The van der Waals surface area contributed by atoms with Crippen LogP contribution in [0.15, 0.2) is 91.0 Å². The summed E-state index contributed by atoms with van der Waals surface area (Å²) in [6.07, 6.45) is 0.162. The Morgan fingerprint density at radius 1 is 0.667 bits per heavy atom. The molecule has 0 saturated carbocycles. The van der Waals surface area contributed by atoms with Gasteiger partial charge in [-0.1, -0.05) is 66.7 Å². The molecule has 1 aliphatic rings. The van der Waals surface area contributed by atoms with Crippen LogP contribution >= 0.6 is 0 Å². The van der Waals surface area contributed by atoms with Crippen molar-refractivity contribution < 1.29 is 14.4 Å². The Morgan fingerprint density at radius 3 is 1.73 bits per heavy atom. The van der Waals surface area contributed by atoms with E-state index in [4.69, 9.17) is 0 Å². The highest BCUT2D eigenvalue weighted by Crippen LogP contribution is 2.20. The zero-order chi connectivity index (χ0) is 23.0. The first-order chi connectivity index (χ1) is 16.1. The number of hydrogen-bond acceptors (Lipinski definition) is 3. The fraction of sp³-hybridized carbons (Fsp3) is 0.222. The van der Waals surface area contributed by atoms with Crippen molar-refractivity contribution in [3.05, 3.63) is 108 Å². The molecule has 0 aliphatic carbocycles. The Bertz CT molecular complexity index is 1080. The number of hydrogen-bond donors (Lipinski definition) is 1. The van der Waals surface area contributed by atoms with Gasteiger partial charge in [0.05, 0.1) is 12.5 Å². The highest BCUT2D eigenvalue weighted by Gasteiger charge is 2.27. The summed E-state index contributed by atoms with van der Waals surface area (Å²) in [5.41, 5.74) is 2.09. The zero-order valence-electron chi connectivity index (χ0n) is 18.4. The molecule has 3 aromatic rings. The number of amides is 3. The number of nitrogens with zero attached hydrogens (tertiary/aromatic N) is 2. The first kappa shape index (κ1) is 22.3. The second kappa shape index (κ2) is 10.6. The van der Waals surface area contributed by atoms with Crippen molar-refractivity contribution in [2.75, 3.05) is 26.2 Å². The maximum atomic E-state index is 13.1. The SMILES string of the molecule is O=C(NC(CC(=O)N1CCN(C(=O)c2ccccc2)CC1)c1ccccc1)c1ccccc1. The average Bonchev–Trinajstić information content (AvgIpc) is 2.89. The third-order valence-electron chi connectivity index (χ3n) is 5.86. The van der Waals surface area contributed by atoms with Gasteiger partial charge in [-0.05, 0) is 29.8 Å². The molecule has 0 radical (unpaired) electrons. The molecular formula is C27H27N3O3. The summed E-state index contributed by atoms with van der Waals surface area (Å²) in [6.45, 7) is 1.94. The Morgan fingerprint density at radius 2 is 1.15 bits per heavy atom. The summed E-state index contributed by atoms with van der Waals surface area (Å²) in [7, 11) is 0. The molecule has 3 aromatic carbocycles. The molecule has 4 rings (SSSR count). The highest BCUT2D eigenvalue weighted by molar-refractivity contribution is 5.95. The first-order valence-corrected chi connectivity index (χ1v) is 11.1. The van der Waals surface area contributed by atoms with E-state index in [0.29, 0.717) is 37.3 Å². The minimum atomic E-state index is -0.435. The quantitative estimate of drug-likeness (QED) is 0.636. The van der Waals surface area contributed by atoms with Gasteiger partial charge in [-0.2, -0.15) is 0 Å². The third-order valence-corrected chi connectivity index (χ3v) is 5.86. The summed E-state index contributed by atoms with van der Waals surface area (Å²) in [4.78, 5) is 42.1. The Kier molecular flexibility index (Phi) is 7.15. The van der Waals surface area contributed by atoms with E-state index in [1.165, 1.54) is 0 Å². The molecule has 1 fully saturated rings. The third kappa shape index (κ3) is 5.66. The summed E-state index contributed by atoms with van der Waals surface area (Å²) in [5.74, 6) is -0.264. The van der Waals surface area contributed by atoms with Crippen molar-refractivity contribution in [2.24, 2.45) is 0 Å². The van der Waals surface area contributed by atoms with Crippen molar-refractivity contribution in [2.45, 2.75) is 12.5 Å². The van der Waals surface area contributed by atoms with Gasteiger partial charge in [-0.3, -0.25) is 14.4 Å². The molecule has 0 bridgehead atoms. The van der Waals surface area contributed by atoms with E-state index in [0.717, 1.165) is 5.56 Å². The van der Waals surface area contributed by atoms with E-state index in [9.17, 15) is 14.4 Å². The summed E-state index contributed by atoms with van der Waals surface area (Å²) < 4.78 is 0. The predicted molar refractivity (Wildman–Crippen MR) is 127 cm³/mol. The second-order valence-corrected chi connectivity index (χ2v) is 8.05. The normalized spacial score (nSPS) is 14.4. The van der Waals surface area contributed by atoms with Crippen LogP contribution in [0.4, 0.5) is 0 Å². The molecule has 1 aliphatic heterocycles. The smallest absolute Gasteiger partial charge is 0.253 e. The molecule has 3 amide bonds. The maximum Gasteiger partial charge on any atom is 0.253 e. The molecule has 168 valence electrons. The fourth-order valence-electron chi connectivity index (χ4n) is 3.99. The lowest BCUT2D eigenvalue weighted by molar-refractivity contribution is -0.133. The lowest BCUT2D eigenvalue weighted by atomic mass is 10.0. The molecule has 0 spiro atoms. The molecule has 1 unspecified atom stereocenters. The average molecular weight is 442 g/mol. The number of nitrogens with one attached hydrogen (secondary N) is 1. The van der Waals surface area contributed by atoms with Crippen LogP contribution in [-0.4, -0.2) is 53.7 Å². The first-order valence-electron chi connectivity index (χ1n) is 11.1. The predicted octanol–water partition coefficient (Wildman–Crippen LogP) is 3.53. The van der Waals surface area contributed by atoms with Gasteiger partial charge < -0.3 is 15.1 Å². The molecular weight excluding hydrogens is 414 g/mol. The minimum Gasteiger partial charge on any atom is -0.345 e. The molecule has 33 heavy (non-hydrogen) atoms. The van der Waals surface area contributed by atoms with Gasteiger partial charge in [0.15, 0.2) is 0 Å². The van der Waals surface area contributed by atoms with Crippen molar-refractivity contribution in [1.29, 1.82) is 0 Å². The topological polar surface area (TPSA) is 69.7 Å². The number of carbonyl (C=O) groups is 3. The van der Waals surface area contributed by atoms with E-state index in [1.54, 1.807) is 34.1 Å². The number of carbonyl (C=O) groups excluding carboxylic acids is 3. The molecule has 6 nitrogen and oxygen atoms in total. The van der Waals surface area contributed by atoms with Crippen LogP contribution in [0.5, 0.6) is 0 Å². The minimum absolute atomic E-state index is 0.0139.